The molecule has 0 aliphatic heterocycles. The number of aromatic nitrogens is 5. The van der Waals surface area contributed by atoms with Crippen LogP contribution in [0.2, 0.25) is 0 Å². The molecule has 1 saturated carbocycles. The summed E-state index contributed by atoms with van der Waals surface area (Å²) in [6.45, 7) is 4.03. The molecule has 1 fully saturated rings. The van der Waals surface area contributed by atoms with Crippen LogP contribution in [0.5, 0.6) is 0 Å². The highest BCUT2D eigenvalue weighted by Gasteiger charge is 2.52. The van der Waals surface area contributed by atoms with Gasteiger partial charge in [-0.15, -0.1) is 6.58 Å². The molecule has 144 valence electrons. The van der Waals surface area contributed by atoms with Gasteiger partial charge >= 0.3 is 0 Å². The van der Waals surface area contributed by atoms with Crippen molar-refractivity contribution in [2.24, 2.45) is 5.41 Å². The number of hydrogen-bond donors (Lipinski definition) is 1. The zero-order valence-electron chi connectivity index (χ0n) is 16.6. The summed E-state index contributed by atoms with van der Waals surface area (Å²) in [5, 5.41) is 12.0. The number of thioether (sulfide) groups is 1. The number of nitrogens with zero attached hydrogens (tertiary/aromatic N) is 5. The normalized spacial score (nSPS) is 22.9. The van der Waals surface area contributed by atoms with E-state index in [-0.39, 0.29) is 17.5 Å². The van der Waals surface area contributed by atoms with E-state index in [1.807, 2.05) is 18.4 Å². The van der Waals surface area contributed by atoms with E-state index in [9.17, 15) is 9.90 Å². The van der Waals surface area contributed by atoms with Crippen LogP contribution in [-0.2, 0) is 13.0 Å². The molecule has 2 aliphatic rings. The fourth-order valence-corrected chi connectivity index (χ4v) is 4.35. The molecule has 3 heterocycles. The second-order valence-corrected chi connectivity index (χ2v) is 8.16. The Morgan fingerprint density at radius 3 is 2.96 bits per heavy atom. The number of allylic oxidation sites excluding steroid dienone is 1. The highest BCUT2D eigenvalue weighted by atomic mass is 32.2. The van der Waals surface area contributed by atoms with Crippen molar-refractivity contribution in [3.05, 3.63) is 52.6 Å². The maximum Gasteiger partial charge on any atom is 0.278 e. The minimum absolute atomic E-state index is 0.230. The standard InChI is InChI=1S/C20H21N5O2S/c1-3-10-24-18(27)13-11-21-19(28-2)23-17(13)25(24)14-5-4-12-6-7-20(8-9-20)16(26)15(12)22-14/h3-5,11,16,26H,1,6-10H2,2H3/i16D. The summed E-state index contributed by atoms with van der Waals surface area (Å²) < 4.78 is 11.8. The third-order valence-electron chi connectivity index (χ3n) is 5.77. The second-order valence-electron chi connectivity index (χ2n) is 7.39. The number of aliphatic hydroxyl groups is 1. The zero-order valence-corrected chi connectivity index (χ0v) is 16.4. The van der Waals surface area contributed by atoms with Gasteiger partial charge in [-0.3, -0.25) is 4.79 Å². The summed E-state index contributed by atoms with van der Waals surface area (Å²) in [5.74, 6) is 0.451. The molecule has 0 saturated heterocycles. The summed E-state index contributed by atoms with van der Waals surface area (Å²) in [6, 6.07) is 3.72. The molecule has 1 unspecified atom stereocenters. The molecule has 7 nitrogen and oxygen atoms in total. The van der Waals surface area contributed by atoms with Gasteiger partial charge in [-0.1, -0.05) is 23.9 Å². The first-order chi connectivity index (χ1) is 13.9. The molecule has 0 bridgehead atoms. The van der Waals surface area contributed by atoms with Crippen molar-refractivity contribution in [3.63, 3.8) is 0 Å². The van der Waals surface area contributed by atoms with Crippen molar-refractivity contribution in [1.82, 2.24) is 24.3 Å². The van der Waals surface area contributed by atoms with E-state index in [1.165, 1.54) is 22.6 Å². The molecule has 0 amide bonds. The molecule has 0 aromatic carbocycles. The van der Waals surface area contributed by atoms with Crippen LogP contribution >= 0.6 is 11.8 Å². The molecular formula is C20H21N5O2S. The lowest BCUT2D eigenvalue weighted by molar-refractivity contribution is 0.0734. The van der Waals surface area contributed by atoms with Crippen LogP contribution in [0.25, 0.3) is 16.9 Å². The van der Waals surface area contributed by atoms with Crippen LogP contribution in [0.1, 0.15) is 38.0 Å². The predicted octanol–water partition coefficient (Wildman–Crippen LogP) is 2.64. The van der Waals surface area contributed by atoms with Crippen LogP contribution in [0.4, 0.5) is 0 Å². The molecule has 3 aromatic heterocycles. The van der Waals surface area contributed by atoms with Gasteiger partial charge in [0.2, 0.25) is 0 Å². The molecule has 1 spiro atoms. The van der Waals surface area contributed by atoms with Gasteiger partial charge in [0.15, 0.2) is 16.6 Å². The van der Waals surface area contributed by atoms with Crippen LogP contribution in [0, 0.1) is 5.41 Å². The van der Waals surface area contributed by atoms with E-state index in [1.54, 1.807) is 10.8 Å². The average molecular weight is 396 g/mol. The maximum atomic E-state index is 12.9. The molecule has 3 aromatic rings. The highest BCUT2D eigenvalue weighted by Crippen LogP contribution is 2.60. The molecule has 1 atom stereocenters. The highest BCUT2D eigenvalue weighted by molar-refractivity contribution is 7.98. The average Bonchev–Trinajstić information content (AvgIpc) is 3.47. The number of hydrogen-bond acceptors (Lipinski definition) is 6. The lowest BCUT2D eigenvalue weighted by atomic mass is 9.82. The Morgan fingerprint density at radius 2 is 2.25 bits per heavy atom. The molecule has 28 heavy (non-hydrogen) atoms. The lowest BCUT2D eigenvalue weighted by Gasteiger charge is -2.29. The minimum atomic E-state index is -1.72. The van der Waals surface area contributed by atoms with E-state index >= 15 is 0 Å². The number of rotatable bonds is 4. The van der Waals surface area contributed by atoms with Gasteiger partial charge in [0.25, 0.3) is 5.56 Å². The van der Waals surface area contributed by atoms with Gasteiger partial charge in [0, 0.05) is 11.6 Å². The van der Waals surface area contributed by atoms with Gasteiger partial charge in [-0.05, 0) is 43.6 Å². The first-order valence-electron chi connectivity index (χ1n) is 9.78. The first-order valence-corrected chi connectivity index (χ1v) is 10.5. The van der Waals surface area contributed by atoms with Gasteiger partial charge in [-0.2, -0.15) is 0 Å². The first kappa shape index (κ1) is 16.5. The largest absolute Gasteiger partial charge is 0.386 e. The van der Waals surface area contributed by atoms with Gasteiger partial charge < -0.3 is 5.11 Å². The quantitative estimate of drug-likeness (QED) is 0.415. The Labute approximate surface area is 167 Å². The van der Waals surface area contributed by atoms with Gasteiger partial charge in [0.1, 0.15) is 11.5 Å². The summed E-state index contributed by atoms with van der Waals surface area (Å²) in [5.41, 5.74) is 1.11. The van der Waals surface area contributed by atoms with E-state index in [4.69, 9.17) is 6.35 Å². The SMILES string of the molecule is [2H]C1(O)c2nc(-n3c4nc(SC)ncc4c(=O)n3CC=C)ccc2CCC12CC2. The zero-order chi connectivity index (χ0) is 20.4. The van der Waals surface area contributed by atoms with Crippen LogP contribution in [-0.4, -0.2) is 35.7 Å². The summed E-state index contributed by atoms with van der Waals surface area (Å²) >= 11 is 1.39. The van der Waals surface area contributed by atoms with Crippen LogP contribution < -0.4 is 5.56 Å². The number of aryl methyl sites for hydroxylation is 1. The van der Waals surface area contributed by atoms with E-state index < -0.39 is 6.08 Å². The maximum absolute atomic E-state index is 12.9. The van der Waals surface area contributed by atoms with Crippen molar-refractivity contribution in [2.75, 3.05) is 6.26 Å². The van der Waals surface area contributed by atoms with E-state index in [2.05, 4.69) is 16.5 Å². The third-order valence-corrected chi connectivity index (χ3v) is 6.33. The summed E-state index contributed by atoms with van der Waals surface area (Å²) in [7, 11) is 0. The van der Waals surface area contributed by atoms with Crippen molar-refractivity contribution in [1.29, 1.82) is 0 Å². The molecule has 2 aliphatic carbocycles. The van der Waals surface area contributed by atoms with Crippen molar-refractivity contribution >= 4 is 22.8 Å². The van der Waals surface area contributed by atoms with E-state index in [0.717, 1.165) is 31.2 Å². The number of fused-ring (bicyclic) bond motifs is 2. The predicted molar refractivity (Wildman–Crippen MR) is 108 cm³/mol. The van der Waals surface area contributed by atoms with Gasteiger partial charge in [-0.25, -0.2) is 24.3 Å². The number of pyridine rings is 1. The minimum Gasteiger partial charge on any atom is -0.386 e. The molecule has 0 radical (unpaired) electrons. The van der Waals surface area contributed by atoms with Crippen LogP contribution in [0.3, 0.4) is 0 Å². The fourth-order valence-electron chi connectivity index (χ4n) is 4.01. The Balaban J connectivity index is 1.77. The molecule has 1 N–H and O–H groups in total. The second kappa shape index (κ2) is 6.28. The molecule has 5 rings (SSSR count). The van der Waals surface area contributed by atoms with Crippen molar-refractivity contribution in [3.8, 4) is 5.82 Å². The fraction of sp³-hybridized carbons (Fsp3) is 0.400. The smallest absolute Gasteiger partial charge is 0.278 e. The Hall–Kier alpha value is -2.45. The monoisotopic (exact) mass is 396 g/mol. The van der Waals surface area contributed by atoms with Crippen molar-refractivity contribution < 1.29 is 6.48 Å². The third kappa shape index (κ3) is 2.48. The topological polar surface area (TPSA) is 85.8 Å². The Morgan fingerprint density at radius 1 is 1.43 bits per heavy atom. The molecule has 8 heteroatoms. The van der Waals surface area contributed by atoms with Crippen LogP contribution in [0.15, 0.2) is 40.9 Å². The molecular weight excluding hydrogens is 374 g/mol. The van der Waals surface area contributed by atoms with Crippen molar-refractivity contribution in [2.45, 2.75) is 43.5 Å². The Kier molecular flexibility index (Phi) is 3.70. The van der Waals surface area contributed by atoms with Gasteiger partial charge in [0.05, 0.1) is 13.6 Å². The summed E-state index contributed by atoms with van der Waals surface area (Å²) in [4.78, 5) is 26.4. The van der Waals surface area contributed by atoms with E-state index in [0.29, 0.717) is 27.7 Å². The summed E-state index contributed by atoms with van der Waals surface area (Å²) in [6.07, 6.45) is 6.61. The Bertz CT molecular complexity index is 1210. The lowest BCUT2D eigenvalue weighted by Crippen LogP contribution is -2.25.